The Kier molecular flexibility index (Phi) is 3.21. The Morgan fingerprint density at radius 2 is 2.57 bits per heavy atom. The van der Waals surface area contributed by atoms with Gasteiger partial charge in [0.05, 0.1) is 12.2 Å². The van der Waals surface area contributed by atoms with E-state index in [4.69, 9.17) is 4.74 Å². The van der Waals surface area contributed by atoms with E-state index in [1.54, 1.807) is 11.3 Å². The quantitative estimate of drug-likeness (QED) is 0.834. The number of aliphatic hydroxyl groups excluding tert-OH is 1. The molecule has 2 atom stereocenters. The fourth-order valence-corrected chi connectivity index (χ4v) is 2.61. The molecule has 78 valence electrons. The van der Waals surface area contributed by atoms with Crippen molar-refractivity contribution in [1.29, 1.82) is 0 Å². The van der Waals surface area contributed by atoms with Crippen LogP contribution in [0.1, 0.15) is 35.8 Å². The molecule has 0 bridgehead atoms. The largest absolute Gasteiger partial charge is 0.388 e. The Labute approximate surface area is 88.5 Å². The number of thiophene rings is 1. The predicted octanol–water partition coefficient (Wildman–Crippen LogP) is 2.66. The van der Waals surface area contributed by atoms with Crippen molar-refractivity contribution in [3.63, 3.8) is 0 Å². The lowest BCUT2D eigenvalue weighted by molar-refractivity contribution is 0.0536. The zero-order valence-electron chi connectivity index (χ0n) is 8.40. The summed E-state index contributed by atoms with van der Waals surface area (Å²) in [5, 5.41) is 12.0. The van der Waals surface area contributed by atoms with Gasteiger partial charge in [-0.25, -0.2) is 0 Å². The Morgan fingerprint density at radius 3 is 3.14 bits per heavy atom. The van der Waals surface area contributed by atoms with Crippen molar-refractivity contribution in [3.05, 3.63) is 21.9 Å². The minimum atomic E-state index is -0.344. The highest BCUT2D eigenvalue weighted by Gasteiger charge is 2.20. The van der Waals surface area contributed by atoms with Crippen LogP contribution in [0.15, 0.2) is 11.4 Å². The third kappa shape index (κ3) is 2.35. The summed E-state index contributed by atoms with van der Waals surface area (Å²) in [7, 11) is 0. The molecular formula is C11H16O2S. The fraction of sp³-hybridized carbons (Fsp3) is 0.636. The average molecular weight is 212 g/mol. The van der Waals surface area contributed by atoms with Gasteiger partial charge in [-0.05, 0) is 36.8 Å². The second-order valence-corrected chi connectivity index (χ2v) is 4.99. The van der Waals surface area contributed by atoms with Crippen LogP contribution in [0.3, 0.4) is 0 Å². The van der Waals surface area contributed by atoms with E-state index in [1.165, 1.54) is 4.88 Å². The van der Waals surface area contributed by atoms with E-state index in [2.05, 4.69) is 13.0 Å². The number of aliphatic hydroxyl groups is 1. The van der Waals surface area contributed by atoms with Gasteiger partial charge in [-0.1, -0.05) is 0 Å². The maximum atomic E-state index is 9.92. The molecule has 2 nitrogen and oxygen atoms in total. The molecule has 2 heterocycles. The maximum absolute atomic E-state index is 9.92. The van der Waals surface area contributed by atoms with Gasteiger partial charge < -0.3 is 9.84 Å². The summed E-state index contributed by atoms with van der Waals surface area (Å²) < 4.78 is 5.50. The predicted molar refractivity (Wildman–Crippen MR) is 57.6 cm³/mol. The number of hydrogen-bond acceptors (Lipinski definition) is 3. The summed E-state index contributed by atoms with van der Waals surface area (Å²) in [6, 6.07) is 2.06. The Bertz CT molecular complexity index is 289. The topological polar surface area (TPSA) is 29.5 Å². The molecule has 1 aliphatic heterocycles. The molecule has 0 aliphatic carbocycles. The molecule has 2 unspecified atom stereocenters. The molecule has 0 radical (unpaired) electrons. The second-order valence-electron chi connectivity index (χ2n) is 3.88. The third-order valence-electron chi connectivity index (χ3n) is 2.65. The van der Waals surface area contributed by atoms with E-state index in [9.17, 15) is 5.11 Å². The molecule has 1 fully saturated rings. The van der Waals surface area contributed by atoms with Gasteiger partial charge in [0.1, 0.15) is 0 Å². The fourth-order valence-electron chi connectivity index (χ4n) is 1.85. The van der Waals surface area contributed by atoms with Crippen LogP contribution >= 0.6 is 11.3 Å². The van der Waals surface area contributed by atoms with Gasteiger partial charge in [0.15, 0.2) is 0 Å². The molecule has 0 amide bonds. The number of aryl methyl sites for hydroxylation is 1. The van der Waals surface area contributed by atoms with Crippen LogP contribution in [0, 0.1) is 6.92 Å². The normalized spacial score (nSPS) is 24.0. The van der Waals surface area contributed by atoms with E-state index in [0.717, 1.165) is 31.4 Å². The molecule has 0 saturated carbocycles. The van der Waals surface area contributed by atoms with Crippen molar-refractivity contribution >= 4 is 11.3 Å². The van der Waals surface area contributed by atoms with E-state index in [-0.39, 0.29) is 12.2 Å². The van der Waals surface area contributed by atoms with Gasteiger partial charge in [-0.2, -0.15) is 0 Å². The van der Waals surface area contributed by atoms with Crippen LogP contribution in [0.5, 0.6) is 0 Å². The van der Waals surface area contributed by atoms with Gasteiger partial charge in [-0.3, -0.25) is 0 Å². The number of ether oxygens (including phenoxy) is 1. The SMILES string of the molecule is Cc1cc(C(O)CC2CCCO2)cs1. The molecule has 0 spiro atoms. The van der Waals surface area contributed by atoms with Crippen molar-refractivity contribution in [1.82, 2.24) is 0 Å². The first kappa shape index (κ1) is 10.1. The summed E-state index contributed by atoms with van der Waals surface area (Å²) in [5.74, 6) is 0. The number of rotatable bonds is 3. The van der Waals surface area contributed by atoms with Crippen LogP contribution in [0.25, 0.3) is 0 Å². The lowest BCUT2D eigenvalue weighted by Gasteiger charge is -2.13. The van der Waals surface area contributed by atoms with Crippen molar-refractivity contribution in [2.75, 3.05) is 6.61 Å². The van der Waals surface area contributed by atoms with Gasteiger partial charge in [0.2, 0.25) is 0 Å². The Hall–Kier alpha value is -0.380. The number of hydrogen-bond donors (Lipinski definition) is 1. The first-order chi connectivity index (χ1) is 6.75. The standard InChI is InChI=1S/C11H16O2S/c1-8-5-9(7-14-8)11(12)6-10-3-2-4-13-10/h5,7,10-12H,2-4,6H2,1H3. The van der Waals surface area contributed by atoms with Crippen LogP contribution in [-0.2, 0) is 4.74 Å². The summed E-state index contributed by atoms with van der Waals surface area (Å²) in [5.41, 5.74) is 1.04. The van der Waals surface area contributed by atoms with E-state index in [0.29, 0.717) is 0 Å². The zero-order chi connectivity index (χ0) is 9.97. The van der Waals surface area contributed by atoms with Gasteiger partial charge in [0.25, 0.3) is 0 Å². The van der Waals surface area contributed by atoms with E-state index < -0.39 is 0 Å². The van der Waals surface area contributed by atoms with Crippen molar-refractivity contribution in [2.45, 2.75) is 38.4 Å². The first-order valence-electron chi connectivity index (χ1n) is 5.10. The van der Waals surface area contributed by atoms with Crippen LogP contribution < -0.4 is 0 Å². The van der Waals surface area contributed by atoms with Crippen molar-refractivity contribution in [2.24, 2.45) is 0 Å². The highest BCUT2D eigenvalue weighted by atomic mass is 32.1. The molecule has 1 aromatic heterocycles. The molecule has 1 saturated heterocycles. The molecule has 1 aromatic rings. The molecule has 2 rings (SSSR count). The Morgan fingerprint density at radius 1 is 1.71 bits per heavy atom. The van der Waals surface area contributed by atoms with E-state index >= 15 is 0 Å². The highest BCUT2D eigenvalue weighted by molar-refractivity contribution is 7.10. The summed E-state index contributed by atoms with van der Waals surface area (Å²) in [6.07, 6.45) is 2.91. The molecular weight excluding hydrogens is 196 g/mol. The third-order valence-corrected chi connectivity index (χ3v) is 3.53. The summed E-state index contributed by atoms with van der Waals surface area (Å²) in [6.45, 7) is 2.92. The van der Waals surface area contributed by atoms with Gasteiger partial charge in [0, 0.05) is 17.9 Å². The lowest BCUT2D eigenvalue weighted by Crippen LogP contribution is -2.10. The van der Waals surface area contributed by atoms with Crippen molar-refractivity contribution in [3.8, 4) is 0 Å². The minimum Gasteiger partial charge on any atom is -0.388 e. The highest BCUT2D eigenvalue weighted by Crippen LogP contribution is 2.27. The maximum Gasteiger partial charge on any atom is 0.0822 e. The molecule has 0 aromatic carbocycles. The van der Waals surface area contributed by atoms with Crippen LogP contribution in [-0.4, -0.2) is 17.8 Å². The first-order valence-corrected chi connectivity index (χ1v) is 5.98. The molecule has 1 aliphatic rings. The van der Waals surface area contributed by atoms with Gasteiger partial charge >= 0.3 is 0 Å². The average Bonchev–Trinajstić information content (AvgIpc) is 2.75. The molecule has 3 heteroatoms. The Balaban J connectivity index is 1.91. The molecule has 14 heavy (non-hydrogen) atoms. The zero-order valence-corrected chi connectivity index (χ0v) is 9.22. The lowest BCUT2D eigenvalue weighted by atomic mass is 10.0. The second kappa shape index (κ2) is 4.43. The summed E-state index contributed by atoms with van der Waals surface area (Å²) >= 11 is 1.69. The van der Waals surface area contributed by atoms with E-state index in [1.807, 2.05) is 5.38 Å². The smallest absolute Gasteiger partial charge is 0.0822 e. The monoisotopic (exact) mass is 212 g/mol. The van der Waals surface area contributed by atoms with Gasteiger partial charge in [-0.15, -0.1) is 11.3 Å². The van der Waals surface area contributed by atoms with Crippen LogP contribution in [0.2, 0.25) is 0 Å². The summed E-state index contributed by atoms with van der Waals surface area (Å²) in [4.78, 5) is 1.26. The molecule has 1 N–H and O–H groups in total. The minimum absolute atomic E-state index is 0.269. The van der Waals surface area contributed by atoms with Crippen LogP contribution in [0.4, 0.5) is 0 Å². The van der Waals surface area contributed by atoms with Crippen molar-refractivity contribution < 1.29 is 9.84 Å².